The lowest BCUT2D eigenvalue weighted by molar-refractivity contribution is -0.139. The minimum Gasteiger partial charge on any atom is -0.352 e. The molecule has 0 bridgehead atoms. The van der Waals surface area contributed by atoms with Crippen LogP contribution >= 0.6 is 15.9 Å². The van der Waals surface area contributed by atoms with E-state index < -0.39 is 28.5 Å². The Hall–Kier alpha value is -3.17. The second-order valence-electron chi connectivity index (χ2n) is 9.81. The van der Waals surface area contributed by atoms with Gasteiger partial charge in [-0.3, -0.25) is 13.9 Å². The number of sulfonamides is 1. The van der Waals surface area contributed by atoms with Gasteiger partial charge in [-0.15, -0.1) is 0 Å². The molecule has 0 aliphatic carbocycles. The summed E-state index contributed by atoms with van der Waals surface area (Å²) in [5.41, 5.74) is 3.13. The summed E-state index contributed by atoms with van der Waals surface area (Å²) in [6, 6.07) is 20.1. The molecule has 3 aromatic carbocycles. The summed E-state index contributed by atoms with van der Waals surface area (Å²) in [4.78, 5) is 28.6. The number of halogens is 1. The van der Waals surface area contributed by atoms with E-state index in [9.17, 15) is 18.0 Å². The molecule has 9 heteroatoms. The Bertz CT molecular complexity index is 1410. The number of carbonyl (C=O) groups is 2. The standard InChI is InChI=1S/C30H36BrN3O4S/c1-6-23(4)32-30(36)24(5)33(19-25-10-7-9-22(3)17-25)29(35)20-34(27-12-8-11-26(31)18-27)39(37,38)28-15-13-21(2)14-16-28/h7-18,23-24H,6,19-20H2,1-5H3,(H,32,36)/t23-,24-/m1/s1. The normalized spacial score (nSPS) is 12.9. The summed E-state index contributed by atoms with van der Waals surface area (Å²) in [6.45, 7) is 9.06. The van der Waals surface area contributed by atoms with Gasteiger partial charge in [0.05, 0.1) is 10.6 Å². The number of hydrogen-bond donors (Lipinski definition) is 1. The second-order valence-corrected chi connectivity index (χ2v) is 12.6. The number of nitrogens with one attached hydrogen (secondary N) is 1. The van der Waals surface area contributed by atoms with Crippen molar-refractivity contribution in [2.75, 3.05) is 10.8 Å². The van der Waals surface area contributed by atoms with Crippen LogP contribution in [0.1, 0.15) is 43.9 Å². The third kappa shape index (κ3) is 7.92. The first-order valence-electron chi connectivity index (χ1n) is 12.9. The molecule has 2 amide bonds. The SMILES string of the molecule is CC[C@@H](C)NC(=O)[C@@H](C)N(Cc1cccc(C)c1)C(=O)CN(c1cccc(Br)c1)S(=O)(=O)c1ccc(C)cc1. The first-order chi connectivity index (χ1) is 18.4. The van der Waals surface area contributed by atoms with E-state index in [1.54, 1.807) is 43.3 Å². The molecule has 2 atom stereocenters. The fourth-order valence-corrected chi connectivity index (χ4v) is 5.85. The molecule has 3 rings (SSSR count). The molecule has 0 spiro atoms. The maximum absolute atomic E-state index is 14.0. The topological polar surface area (TPSA) is 86.8 Å². The predicted octanol–water partition coefficient (Wildman–Crippen LogP) is 5.59. The Morgan fingerprint density at radius 2 is 1.59 bits per heavy atom. The average Bonchev–Trinajstić information content (AvgIpc) is 2.89. The van der Waals surface area contributed by atoms with E-state index in [-0.39, 0.29) is 23.4 Å². The predicted molar refractivity (Wildman–Crippen MR) is 159 cm³/mol. The summed E-state index contributed by atoms with van der Waals surface area (Å²) in [7, 11) is -4.10. The summed E-state index contributed by atoms with van der Waals surface area (Å²) in [5, 5.41) is 2.94. The van der Waals surface area contributed by atoms with Crippen molar-refractivity contribution in [2.45, 2.75) is 64.6 Å². The summed E-state index contributed by atoms with van der Waals surface area (Å²) < 4.78 is 29.5. The highest BCUT2D eigenvalue weighted by Gasteiger charge is 2.32. The quantitative estimate of drug-likeness (QED) is 0.305. The van der Waals surface area contributed by atoms with E-state index in [0.717, 1.165) is 27.4 Å². The van der Waals surface area contributed by atoms with Crippen LogP contribution in [0.15, 0.2) is 82.2 Å². The maximum atomic E-state index is 14.0. The van der Waals surface area contributed by atoms with Crippen molar-refractivity contribution in [3.05, 3.63) is 94.0 Å². The number of anilines is 1. The van der Waals surface area contributed by atoms with Gasteiger partial charge in [-0.25, -0.2) is 8.42 Å². The smallest absolute Gasteiger partial charge is 0.264 e. The van der Waals surface area contributed by atoms with Crippen LogP contribution < -0.4 is 9.62 Å². The van der Waals surface area contributed by atoms with Crippen LogP contribution in [0.2, 0.25) is 0 Å². The van der Waals surface area contributed by atoms with Crippen LogP contribution in [0.4, 0.5) is 5.69 Å². The van der Waals surface area contributed by atoms with Gasteiger partial charge >= 0.3 is 0 Å². The molecule has 0 saturated carbocycles. The van der Waals surface area contributed by atoms with Crippen LogP contribution in [-0.2, 0) is 26.2 Å². The molecule has 0 heterocycles. The van der Waals surface area contributed by atoms with Gasteiger partial charge in [-0.2, -0.15) is 0 Å². The Labute approximate surface area is 240 Å². The van der Waals surface area contributed by atoms with E-state index in [1.165, 1.54) is 17.0 Å². The lowest BCUT2D eigenvalue weighted by atomic mass is 10.1. The summed E-state index contributed by atoms with van der Waals surface area (Å²) >= 11 is 3.41. The average molecular weight is 615 g/mol. The van der Waals surface area contributed by atoms with Crippen LogP contribution in [0.3, 0.4) is 0 Å². The summed E-state index contributed by atoms with van der Waals surface area (Å²) in [5.74, 6) is -0.778. The molecule has 0 unspecified atom stereocenters. The fourth-order valence-electron chi connectivity index (χ4n) is 4.05. The molecule has 39 heavy (non-hydrogen) atoms. The lowest BCUT2D eigenvalue weighted by Crippen LogP contribution is -2.52. The van der Waals surface area contributed by atoms with Gasteiger partial charge in [0.2, 0.25) is 11.8 Å². The Kier molecular flexibility index (Phi) is 10.3. The van der Waals surface area contributed by atoms with Crippen molar-refractivity contribution in [1.29, 1.82) is 0 Å². The highest BCUT2D eigenvalue weighted by Crippen LogP contribution is 2.27. The van der Waals surface area contributed by atoms with Gasteiger partial charge in [0.25, 0.3) is 10.0 Å². The zero-order valence-electron chi connectivity index (χ0n) is 23.0. The number of carbonyl (C=O) groups excluding carboxylic acids is 2. The molecule has 7 nitrogen and oxygen atoms in total. The number of rotatable bonds is 11. The molecule has 1 N–H and O–H groups in total. The van der Waals surface area contributed by atoms with Crippen LogP contribution in [0.5, 0.6) is 0 Å². The third-order valence-corrected chi connectivity index (χ3v) is 8.87. The number of hydrogen-bond acceptors (Lipinski definition) is 4. The summed E-state index contributed by atoms with van der Waals surface area (Å²) in [6.07, 6.45) is 0.746. The number of benzene rings is 3. The zero-order chi connectivity index (χ0) is 28.7. The number of amides is 2. The fraction of sp³-hybridized carbons (Fsp3) is 0.333. The van der Waals surface area contributed by atoms with Crippen LogP contribution in [0.25, 0.3) is 0 Å². The highest BCUT2D eigenvalue weighted by molar-refractivity contribution is 9.10. The Morgan fingerprint density at radius 3 is 2.21 bits per heavy atom. The lowest BCUT2D eigenvalue weighted by Gasteiger charge is -2.32. The van der Waals surface area contributed by atoms with Crippen molar-refractivity contribution in [3.8, 4) is 0 Å². The van der Waals surface area contributed by atoms with Crippen molar-refractivity contribution in [1.82, 2.24) is 10.2 Å². The molecular formula is C30H36BrN3O4S. The molecule has 0 aliphatic heterocycles. The molecule has 3 aromatic rings. The molecule has 0 aromatic heterocycles. The van der Waals surface area contributed by atoms with Gasteiger partial charge < -0.3 is 10.2 Å². The van der Waals surface area contributed by atoms with Gasteiger partial charge in [0, 0.05) is 17.1 Å². The largest absolute Gasteiger partial charge is 0.352 e. The van der Waals surface area contributed by atoms with E-state index >= 15 is 0 Å². The number of aryl methyl sites for hydroxylation is 2. The molecule has 0 aliphatic rings. The molecule has 208 valence electrons. The molecule has 0 fully saturated rings. The Morgan fingerprint density at radius 1 is 0.923 bits per heavy atom. The highest BCUT2D eigenvalue weighted by atomic mass is 79.9. The van der Waals surface area contributed by atoms with Crippen molar-refractivity contribution < 1.29 is 18.0 Å². The minimum atomic E-state index is -4.10. The monoisotopic (exact) mass is 613 g/mol. The van der Waals surface area contributed by atoms with Crippen LogP contribution in [-0.4, -0.2) is 43.8 Å². The van der Waals surface area contributed by atoms with E-state index in [4.69, 9.17) is 0 Å². The van der Waals surface area contributed by atoms with Gasteiger partial charge in [0.1, 0.15) is 12.6 Å². The Balaban J connectivity index is 2.03. The van der Waals surface area contributed by atoms with Crippen molar-refractivity contribution in [3.63, 3.8) is 0 Å². The van der Waals surface area contributed by atoms with Gasteiger partial charge in [-0.1, -0.05) is 76.4 Å². The first-order valence-corrected chi connectivity index (χ1v) is 15.2. The van der Waals surface area contributed by atoms with E-state index in [1.807, 2.05) is 52.0 Å². The van der Waals surface area contributed by atoms with Gasteiger partial charge in [0.15, 0.2) is 0 Å². The number of nitrogens with zero attached hydrogens (tertiary/aromatic N) is 2. The van der Waals surface area contributed by atoms with Crippen molar-refractivity contribution >= 4 is 43.5 Å². The molecular weight excluding hydrogens is 578 g/mol. The first kappa shape index (κ1) is 30.4. The van der Waals surface area contributed by atoms with E-state index in [2.05, 4.69) is 21.2 Å². The molecule has 0 radical (unpaired) electrons. The minimum absolute atomic E-state index is 0.0593. The van der Waals surface area contributed by atoms with Crippen LogP contribution in [0, 0.1) is 13.8 Å². The van der Waals surface area contributed by atoms with Crippen molar-refractivity contribution in [2.24, 2.45) is 0 Å². The molecule has 0 saturated heterocycles. The zero-order valence-corrected chi connectivity index (χ0v) is 25.4. The van der Waals surface area contributed by atoms with Gasteiger partial charge in [-0.05, 0) is 70.0 Å². The second kappa shape index (κ2) is 13.3. The maximum Gasteiger partial charge on any atom is 0.264 e. The van der Waals surface area contributed by atoms with E-state index in [0.29, 0.717) is 10.2 Å². The third-order valence-electron chi connectivity index (χ3n) is 6.59.